The molecule has 1 N–H and O–H groups in total. The van der Waals surface area contributed by atoms with E-state index in [1.807, 2.05) is 0 Å². The maximum absolute atomic E-state index is 13.1. The largest absolute Gasteiger partial charge is 0.322 e. The topological polar surface area (TPSA) is 75.7 Å². The van der Waals surface area contributed by atoms with E-state index in [0.29, 0.717) is 10.2 Å². The summed E-state index contributed by atoms with van der Waals surface area (Å²) in [5, 5.41) is 2.46. The Hall–Kier alpha value is -2.36. The summed E-state index contributed by atoms with van der Waals surface area (Å²) < 4.78 is 50.7. The molecule has 2 aromatic rings. The van der Waals surface area contributed by atoms with Crippen molar-refractivity contribution in [3.8, 4) is 0 Å². The summed E-state index contributed by atoms with van der Waals surface area (Å²) in [6.45, 7) is 0. The van der Waals surface area contributed by atoms with Gasteiger partial charge in [-0.2, -0.15) is 0 Å². The summed E-state index contributed by atoms with van der Waals surface area (Å²) >= 11 is 0. The zero-order chi connectivity index (χ0) is 17.9. The van der Waals surface area contributed by atoms with Gasteiger partial charge in [0.1, 0.15) is 0 Å². The summed E-state index contributed by atoms with van der Waals surface area (Å²) in [6.07, 6.45) is 0. The average molecular weight is 356 g/mol. The zero-order valence-electron chi connectivity index (χ0n) is 12.8. The number of hydrogen-bond donors (Lipinski definition) is 1. The van der Waals surface area contributed by atoms with Crippen molar-refractivity contribution >= 4 is 21.6 Å². The first-order valence-corrected chi connectivity index (χ1v) is 8.09. The number of carbonyl (C=O) groups excluding carboxylic acids is 1. The third-order valence-electron chi connectivity index (χ3n) is 3.19. The number of halogens is 2. The fourth-order valence-corrected chi connectivity index (χ4v) is 2.77. The second-order valence-electron chi connectivity index (χ2n) is 4.70. The quantitative estimate of drug-likeness (QED) is 0.835. The number of anilines is 1. The van der Waals surface area contributed by atoms with E-state index in [9.17, 15) is 22.0 Å². The number of sulfonamides is 1. The second-order valence-corrected chi connectivity index (χ2v) is 6.64. The Kier molecular flexibility index (Phi) is 5.27. The lowest BCUT2D eigenvalue weighted by Gasteiger charge is -2.14. The lowest BCUT2D eigenvalue weighted by atomic mass is 10.2. The molecule has 6 nitrogen and oxygen atoms in total. The Bertz CT molecular complexity index is 854. The minimum atomic E-state index is -3.79. The minimum absolute atomic E-state index is 0.0299. The monoisotopic (exact) mass is 356 g/mol. The summed E-state index contributed by atoms with van der Waals surface area (Å²) in [5.74, 6) is -2.84. The van der Waals surface area contributed by atoms with E-state index in [1.54, 1.807) is 0 Å². The molecule has 1 amide bonds. The molecule has 0 unspecified atom stereocenters. The van der Waals surface area contributed by atoms with E-state index >= 15 is 0 Å². The highest BCUT2D eigenvalue weighted by Crippen LogP contribution is 2.18. The van der Waals surface area contributed by atoms with Gasteiger partial charge < -0.3 is 5.32 Å². The van der Waals surface area contributed by atoms with Gasteiger partial charge in [0.25, 0.3) is 15.9 Å². The highest BCUT2D eigenvalue weighted by atomic mass is 32.2. The Labute approximate surface area is 137 Å². The number of hydrogen-bond acceptors (Lipinski definition) is 4. The van der Waals surface area contributed by atoms with Crippen LogP contribution < -0.4 is 5.32 Å². The zero-order valence-corrected chi connectivity index (χ0v) is 13.6. The van der Waals surface area contributed by atoms with Crippen molar-refractivity contribution in [2.75, 3.05) is 19.5 Å². The summed E-state index contributed by atoms with van der Waals surface area (Å²) in [7, 11) is -1.33. The normalized spacial score (nSPS) is 11.5. The molecule has 2 aromatic carbocycles. The Morgan fingerprint density at radius 2 is 1.71 bits per heavy atom. The lowest BCUT2D eigenvalue weighted by molar-refractivity contribution is -0.0258. The number of rotatable bonds is 5. The number of amides is 1. The van der Waals surface area contributed by atoms with Gasteiger partial charge in [-0.1, -0.05) is 4.47 Å². The number of hydroxylamine groups is 1. The number of carbonyl (C=O) groups is 1. The van der Waals surface area contributed by atoms with Gasteiger partial charge in [0.15, 0.2) is 11.6 Å². The fourth-order valence-electron chi connectivity index (χ4n) is 1.80. The van der Waals surface area contributed by atoms with Crippen LogP contribution in [0.4, 0.5) is 14.5 Å². The van der Waals surface area contributed by atoms with Crippen LogP contribution in [-0.2, 0) is 14.9 Å². The van der Waals surface area contributed by atoms with Gasteiger partial charge in [-0.15, -0.1) is 0 Å². The van der Waals surface area contributed by atoms with Gasteiger partial charge in [0.2, 0.25) is 0 Å². The molecule has 0 saturated carbocycles. The van der Waals surface area contributed by atoms with Crippen LogP contribution >= 0.6 is 0 Å². The van der Waals surface area contributed by atoms with Gasteiger partial charge in [0, 0.05) is 18.3 Å². The van der Waals surface area contributed by atoms with Crippen molar-refractivity contribution in [3.63, 3.8) is 0 Å². The van der Waals surface area contributed by atoms with Crippen molar-refractivity contribution in [2.24, 2.45) is 0 Å². The van der Waals surface area contributed by atoms with E-state index < -0.39 is 27.6 Å². The molecule has 0 aromatic heterocycles. The fraction of sp³-hybridized carbons (Fsp3) is 0.133. The average Bonchev–Trinajstić information content (AvgIpc) is 2.56. The SMILES string of the molecule is CON(C)S(=O)(=O)c1ccc(NC(=O)c2ccc(F)c(F)c2)cc1. The van der Waals surface area contributed by atoms with Crippen LogP contribution in [0.25, 0.3) is 0 Å². The molecule has 0 atom stereocenters. The standard InChI is InChI=1S/C15H14F2N2O4S/c1-19(23-2)24(21,22)12-6-4-11(5-7-12)18-15(20)10-3-8-13(16)14(17)9-10/h3-9H,1-2H3,(H,18,20). The molecule has 0 radical (unpaired) electrons. The van der Waals surface area contributed by atoms with Crippen LogP contribution in [0.1, 0.15) is 10.4 Å². The number of benzene rings is 2. The molecule has 0 aliphatic rings. The molecule has 24 heavy (non-hydrogen) atoms. The minimum Gasteiger partial charge on any atom is -0.322 e. The van der Waals surface area contributed by atoms with Crippen LogP contribution in [0.5, 0.6) is 0 Å². The smallest absolute Gasteiger partial charge is 0.264 e. The van der Waals surface area contributed by atoms with Gasteiger partial charge in [-0.05, 0) is 42.5 Å². The molecular formula is C15H14F2N2O4S. The van der Waals surface area contributed by atoms with Crippen molar-refractivity contribution < 1.29 is 26.8 Å². The molecule has 0 saturated heterocycles. The Balaban J connectivity index is 2.17. The molecule has 128 valence electrons. The molecule has 0 fully saturated rings. The molecule has 2 rings (SSSR count). The highest BCUT2D eigenvalue weighted by molar-refractivity contribution is 7.89. The van der Waals surface area contributed by atoms with E-state index in [0.717, 1.165) is 18.2 Å². The first kappa shape index (κ1) is 18.0. The van der Waals surface area contributed by atoms with Gasteiger partial charge in [-0.25, -0.2) is 17.2 Å². The molecule has 9 heteroatoms. The summed E-state index contributed by atoms with van der Waals surface area (Å²) in [4.78, 5) is 16.6. The first-order valence-electron chi connectivity index (χ1n) is 6.65. The summed E-state index contributed by atoms with van der Waals surface area (Å²) in [5.41, 5.74) is 0.230. The van der Waals surface area contributed by atoms with Gasteiger partial charge >= 0.3 is 0 Å². The molecule has 0 bridgehead atoms. The van der Waals surface area contributed by atoms with Crippen LogP contribution in [0.15, 0.2) is 47.4 Å². The highest BCUT2D eigenvalue weighted by Gasteiger charge is 2.20. The van der Waals surface area contributed by atoms with Crippen molar-refractivity contribution in [1.29, 1.82) is 0 Å². The van der Waals surface area contributed by atoms with Crippen LogP contribution in [-0.4, -0.2) is 33.0 Å². The Morgan fingerprint density at radius 1 is 1.08 bits per heavy atom. The molecule has 0 spiro atoms. The van der Waals surface area contributed by atoms with E-state index in [4.69, 9.17) is 0 Å². The predicted molar refractivity (Wildman–Crippen MR) is 82.7 cm³/mol. The number of nitrogens with one attached hydrogen (secondary N) is 1. The molecular weight excluding hydrogens is 342 g/mol. The van der Waals surface area contributed by atoms with Crippen LogP contribution in [0, 0.1) is 11.6 Å². The maximum Gasteiger partial charge on any atom is 0.264 e. The van der Waals surface area contributed by atoms with Crippen molar-refractivity contribution in [2.45, 2.75) is 4.90 Å². The van der Waals surface area contributed by atoms with Crippen LogP contribution in [0.2, 0.25) is 0 Å². The Morgan fingerprint density at radius 3 is 2.25 bits per heavy atom. The van der Waals surface area contributed by atoms with Crippen molar-refractivity contribution in [1.82, 2.24) is 4.47 Å². The van der Waals surface area contributed by atoms with Gasteiger partial charge in [-0.3, -0.25) is 9.63 Å². The van der Waals surface area contributed by atoms with E-state index in [-0.39, 0.29) is 10.5 Å². The number of nitrogens with zero attached hydrogens (tertiary/aromatic N) is 1. The predicted octanol–water partition coefficient (Wildman–Crippen LogP) is 2.40. The third-order valence-corrected chi connectivity index (χ3v) is 4.88. The molecule has 0 aliphatic carbocycles. The molecule has 0 aliphatic heterocycles. The van der Waals surface area contributed by atoms with Crippen LogP contribution in [0.3, 0.4) is 0 Å². The third kappa shape index (κ3) is 3.75. The van der Waals surface area contributed by atoms with E-state index in [1.165, 1.54) is 38.4 Å². The maximum atomic E-state index is 13.1. The van der Waals surface area contributed by atoms with Gasteiger partial charge in [0.05, 0.1) is 12.0 Å². The van der Waals surface area contributed by atoms with Crippen molar-refractivity contribution in [3.05, 3.63) is 59.7 Å². The molecule has 0 heterocycles. The lowest BCUT2D eigenvalue weighted by Crippen LogP contribution is -2.25. The summed E-state index contributed by atoms with van der Waals surface area (Å²) in [6, 6.07) is 8.07. The van der Waals surface area contributed by atoms with E-state index in [2.05, 4.69) is 10.2 Å². The second kappa shape index (κ2) is 7.04. The first-order chi connectivity index (χ1) is 11.3.